The van der Waals surface area contributed by atoms with E-state index in [1.54, 1.807) is 16.9 Å². The third-order valence-electron chi connectivity index (χ3n) is 4.56. The van der Waals surface area contributed by atoms with Crippen LogP contribution in [0.2, 0.25) is 0 Å². The molecular weight excluding hydrogens is 366 g/mol. The average molecular weight is 387 g/mol. The molecule has 0 fully saturated rings. The van der Waals surface area contributed by atoms with Crippen molar-refractivity contribution in [3.8, 4) is 11.6 Å². The number of benzene rings is 2. The lowest BCUT2D eigenvalue weighted by Gasteiger charge is -2.16. The van der Waals surface area contributed by atoms with Crippen LogP contribution in [0.15, 0.2) is 77.3 Å². The monoisotopic (exact) mass is 387 g/mol. The van der Waals surface area contributed by atoms with Gasteiger partial charge < -0.3 is 4.42 Å². The predicted molar refractivity (Wildman–Crippen MR) is 109 cm³/mol. The van der Waals surface area contributed by atoms with E-state index in [1.807, 2.05) is 74.5 Å². The fraction of sp³-hybridized carbons (Fsp3) is 0.182. The first kappa shape index (κ1) is 18.6. The molecule has 0 saturated heterocycles. The summed E-state index contributed by atoms with van der Waals surface area (Å²) in [6.07, 6.45) is 1.68. The van der Waals surface area contributed by atoms with Crippen molar-refractivity contribution in [2.24, 2.45) is 0 Å². The second kappa shape index (κ2) is 8.10. The maximum absolute atomic E-state index is 13.1. The number of aromatic nitrogens is 4. The van der Waals surface area contributed by atoms with Gasteiger partial charge in [0.2, 0.25) is 5.91 Å². The molecule has 7 nitrogen and oxygen atoms in total. The highest BCUT2D eigenvalue weighted by molar-refractivity contribution is 5.96. The average Bonchev–Trinajstić information content (AvgIpc) is 3.39. The van der Waals surface area contributed by atoms with Crippen LogP contribution < -0.4 is 5.32 Å². The minimum absolute atomic E-state index is 0.0540. The molecule has 2 heterocycles. The fourth-order valence-corrected chi connectivity index (χ4v) is 3.24. The lowest BCUT2D eigenvalue weighted by molar-refractivity contribution is -0.116. The highest BCUT2D eigenvalue weighted by atomic mass is 16.4. The van der Waals surface area contributed by atoms with Crippen molar-refractivity contribution in [1.29, 1.82) is 0 Å². The van der Waals surface area contributed by atoms with E-state index in [-0.39, 0.29) is 18.0 Å². The number of hydrogen-bond donors (Lipinski definition) is 1. The molecule has 0 aliphatic heterocycles. The largest absolute Gasteiger partial charge is 0.401 e. The summed E-state index contributed by atoms with van der Waals surface area (Å²) in [7, 11) is 0. The van der Waals surface area contributed by atoms with E-state index < -0.39 is 5.92 Å². The Morgan fingerprint density at radius 2 is 1.55 bits per heavy atom. The smallest absolute Gasteiger partial charge is 0.322 e. The minimum atomic E-state index is -0.492. The third kappa shape index (κ3) is 3.94. The number of nitrogens with zero attached hydrogens (tertiary/aromatic N) is 4. The van der Waals surface area contributed by atoms with Gasteiger partial charge in [0.15, 0.2) is 0 Å². The molecule has 0 saturated carbocycles. The van der Waals surface area contributed by atoms with E-state index in [1.165, 1.54) is 0 Å². The first-order chi connectivity index (χ1) is 14.1. The maximum Gasteiger partial charge on any atom is 0.322 e. The molecule has 1 N–H and O–H groups in total. The van der Waals surface area contributed by atoms with Gasteiger partial charge in [-0.25, -0.2) is 0 Å². The summed E-state index contributed by atoms with van der Waals surface area (Å²) in [4.78, 5) is 13.1. The van der Waals surface area contributed by atoms with Crippen LogP contribution in [-0.4, -0.2) is 25.9 Å². The van der Waals surface area contributed by atoms with Crippen molar-refractivity contribution >= 4 is 11.9 Å². The van der Waals surface area contributed by atoms with Crippen LogP contribution >= 0.6 is 0 Å². The Hall–Kier alpha value is -3.74. The van der Waals surface area contributed by atoms with Gasteiger partial charge in [0.1, 0.15) is 5.69 Å². The van der Waals surface area contributed by atoms with Crippen molar-refractivity contribution in [2.75, 3.05) is 5.32 Å². The number of anilines is 1. The molecule has 0 unspecified atom stereocenters. The molecule has 7 heteroatoms. The topological polar surface area (TPSA) is 85.8 Å². The quantitative estimate of drug-likeness (QED) is 0.533. The van der Waals surface area contributed by atoms with Gasteiger partial charge in [0.05, 0.1) is 5.92 Å². The van der Waals surface area contributed by atoms with Crippen LogP contribution in [0, 0.1) is 0 Å². The molecular formula is C22H21N5O2. The van der Waals surface area contributed by atoms with Crippen LogP contribution in [0.5, 0.6) is 0 Å². The number of rotatable bonds is 6. The Morgan fingerprint density at radius 1 is 0.931 bits per heavy atom. The normalized spacial score (nSPS) is 11.2. The number of nitrogens with one attached hydrogen (secondary N) is 1. The van der Waals surface area contributed by atoms with Crippen LogP contribution in [-0.2, 0) is 4.79 Å². The van der Waals surface area contributed by atoms with Gasteiger partial charge in [-0.05, 0) is 31.0 Å². The van der Waals surface area contributed by atoms with Crippen molar-refractivity contribution in [2.45, 2.75) is 25.8 Å². The molecule has 1 amide bonds. The van der Waals surface area contributed by atoms with Gasteiger partial charge in [-0.15, -0.1) is 5.10 Å². The Balaban J connectivity index is 1.60. The summed E-state index contributed by atoms with van der Waals surface area (Å²) in [5, 5.41) is 15.1. The molecule has 2 aromatic heterocycles. The molecule has 0 atom stereocenters. The van der Waals surface area contributed by atoms with Gasteiger partial charge in [-0.2, -0.15) is 5.10 Å². The lowest BCUT2D eigenvalue weighted by Crippen LogP contribution is -2.22. The first-order valence-electron chi connectivity index (χ1n) is 9.41. The first-order valence-corrected chi connectivity index (χ1v) is 9.41. The molecule has 0 aliphatic carbocycles. The standard InChI is InChI=1S/C22H21N5O2/c1-15(2)27-18(13-14-23-27)21-25-26-22(29-21)24-20(28)19(16-9-5-3-6-10-16)17-11-7-4-8-12-17/h3-15,19H,1-2H3,(H,24,26,28). The lowest BCUT2D eigenvalue weighted by atomic mass is 9.90. The highest BCUT2D eigenvalue weighted by Gasteiger charge is 2.25. The van der Waals surface area contributed by atoms with E-state index in [2.05, 4.69) is 20.6 Å². The van der Waals surface area contributed by atoms with Crippen LogP contribution in [0.3, 0.4) is 0 Å². The second-order valence-corrected chi connectivity index (χ2v) is 6.91. The highest BCUT2D eigenvalue weighted by Crippen LogP contribution is 2.27. The van der Waals surface area contributed by atoms with E-state index >= 15 is 0 Å². The molecule has 0 bridgehead atoms. The molecule has 29 heavy (non-hydrogen) atoms. The maximum atomic E-state index is 13.1. The van der Waals surface area contributed by atoms with Crippen molar-refractivity contribution in [1.82, 2.24) is 20.0 Å². The summed E-state index contributed by atoms with van der Waals surface area (Å²) in [6, 6.07) is 21.2. The summed E-state index contributed by atoms with van der Waals surface area (Å²) in [5.41, 5.74) is 2.47. The Kier molecular flexibility index (Phi) is 5.20. The van der Waals surface area contributed by atoms with Gasteiger partial charge in [0, 0.05) is 12.2 Å². The van der Waals surface area contributed by atoms with Gasteiger partial charge in [-0.1, -0.05) is 65.8 Å². The van der Waals surface area contributed by atoms with Crippen LogP contribution in [0.1, 0.15) is 36.9 Å². The summed E-state index contributed by atoms with van der Waals surface area (Å²) in [5.74, 6) is -0.425. The van der Waals surface area contributed by atoms with E-state index in [4.69, 9.17) is 4.42 Å². The summed E-state index contributed by atoms with van der Waals surface area (Å²) >= 11 is 0. The van der Waals surface area contributed by atoms with Crippen molar-refractivity contribution in [3.05, 3.63) is 84.1 Å². The molecule has 4 rings (SSSR count). The molecule has 146 valence electrons. The number of carbonyl (C=O) groups excluding carboxylic acids is 1. The second-order valence-electron chi connectivity index (χ2n) is 6.91. The van der Waals surface area contributed by atoms with E-state index in [0.29, 0.717) is 11.6 Å². The van der Waals surface area contributed by atoms with Gasteiger partial charge in [0.25, 0.3) is 5.89 Å². The zero-order valence-electron chi connectivity index (χ0n) is 16.2. The van der Waals surface area contributed by atoms with E-state index in [9.17, 15) is 4.79 Å². The number of carbonyl (C=O) groups is 1. The SMILES string of the molecule is CC(C)n1nccc1-c1nnc(NC(=O)C(c2ccccc2)c2ccccc2)o1. The fourth-order valence-electron chi connectivity index (χ4n) is 3.24. The number of amides is 1. The zero-order valence-corrected chi connectivity index (χ0v) is 16.2. The molecule has 0 spiro atoms. The predicted octanol–water partition coefficient (Wildman–Crippen LogP) is 4.28. The molecule has 2 aromatic carbocycles. The Morgan fingerprint density at radius 3 is 2.14 bits per heavy atom. The molecule has 0 aliphatic rings. The summed E-state index contributed by atoms with van der Waals surface area (Å²) in [6.45, 7) is 4.03. The van der Waals surface area contributed by atoms with Gasteiger partial charge >= 0.3 is 6.01 Å². The molecule has 0 radical (unpaired) electrons. The Bertz CT molecular complexity index is 1050. The number of hydrogen-bond acceptors (Lipinski definition) is 5. The summed E-state index contributed by atoms with van der Waals surface area (Å²) < 4.78 is 7.48. The Labute approximate surface area is 168 Å². The minimum Gasteiger partial charge on any atom is -0.401 e. The third-order valence-corrected chi connectivity index (χ3v) is 4.56. The van der Waals surface area contributed by atoms with Crippen molar-refractivity contribution in [3.63, 3.8) is 0 Å². The van der Waals surface area contributed by atoms with E-state index in [0.717, 1.165) is 11.1 Å². The molecule has 4 aromatic rings. The van der Waals surface area contributed by atoms with Gasteiger partial charge in [-0.3, -0.25) is 14.8 Å². The van der Waals surface area contributed by atoms with Crippen molar-refractivity contribution < 1.29 is 9.21 Å². The van der Waals surface area contributed by atoms with Crippen LogP contribution in [0.25, 0.3) is 11.6 Å². The zero-order chi connectivity index (χ0) is 20.2. The van der Waals surface area contributed by atoms with Crippen LogP contribution in [0.4, 0.5) is 6.01 Å².